The third kappa shape index (κ3) is 1.98. The molecule has 0 radical (unpaired) electrons. The summed E-state index contributed by atoms with van der Waals surface area (Å²) in [6.07, 6.45) is 3.81. The fraction of sp³-hybridized carbons (Fsp3) is 0.500. The molecule has 1 spiro atoms. The quantitative estimate of drug-likeness (QED) is 0.845. The summed E-state index contributed by atoms with van der Waals surface area (Å²) >= 11 is 0. The molecular formula is C20H22O4. The number of aliphatic hydroxyl groups excluding tert-OH is 1. The predicted octanol–water partition coefficient (Wildman–Crippen LogP) is 3.53. The van der Waals surface area contributed by atoms with E-state index < -0.39 is 11.4 Å². The highest BCUT2D eigenvalue weighted by Gasteiger charge is 2.74. The minimum atomic E-state index is -0.475. The van der Waals surface area contributed by atoms with Crippen LogP contribution in [-0.4, -0.2) is 24.0 Å². The van der Waals surface area contributed by atoms with Crippen LogP contribution < -0.4 is 0 Å². The number of methoxy groups -OCH3 is 1. The summed E-state index contributed by atoms with van der Waals surface area (Å²) in [4.78, 5) is 24.9. The Balaban J connectivity index is 1.80. The zero-order valence-electron chi connectivity index (χ0n) is 13.8. The van der Waals surface area contributed by atoms with Crippen LogP contribution >= 0.6 is 0 Å². The van der Waals surface area contributed by atoms with Crippen LogP contribution in [0.2, 0.25) is 0 Å². The van der Waals surface area contributed by atoms with E-state index in [1.165, 1.54) is 7.11 Å². The van der Waals surface area contributed by atoms with Gasteiger partial charge in [0.15, 0.2) is 0 Å². The SMILES string of the molecule is COC(=O)C1=C(O)[C@H]2[C@@H]([C@@H](c3ccccc3)C1)[C@@]21CCCCC1=O. The van der Waals surface area contributed by atoms with Crippen LogP contribution in [0.5, 0.6) is 0 Å². The molecule has 4 atom stereocenters. The van der Waals surface area contributed by atoms with Gasteiger partial charge < -0.3 is 9.84 Å². The van der Waals surface area contributed by atoms with E-state index in [1.807, 2.05) is 18.2 Å². The molecule has 0 heterocycles. The Morgan fingerprint density at radius 2 is 2.00 bits per heavy atom. The molecule has 3 aliphatic rings. The van der Waals surface area contributed by atoms with Gasteiger partial charge >= 0.3 is 5.97 Å². The molecule has 4 rings (SSSR count). The first kappa shape index (κ1) is 15.4. The number of allylic oxidation sites excluding steroid dienone is 1. The molecule has 3 aliphatic carbocycles. The maximum Gasteiger partial charge on any atom is 0.337 e. The van der Waals surface area contributed by atoms with Gasteiger partial charge in [-0.15, -0.1) is 0 Å². The van der Waals surface area contributed by atoms with E-state index in [2.05, 4.69) is 12.1 Å². The Morgan fingerprint density at radius 3 is 2.67 bits per heavy atom. The molecule has 0 aromatic heterocycles. The molecule has 126 valence electrons. The maximum absolute atomic E-state index is 12.8. The molecule has 2 saturated carbocycles. The largest absolute Gasteiger partial charge is 0.511 e. The zero-order chi connectivity index (χ0) is 16.9. The Hall–Kier alpha value is -2.10. The van der Waals surface area contributed by atoms with Gasteiger partial charge in [0.05, 0.1) is 12.7 Å². The van der Waals surface area contributed by atoms with Crippen LogP contribution in [0.3, 0.4) is 0 Å². The van der Waals surface area contributed by atoms with E-state index in [9.17, 15) is 14.7 Å². The molecule has 24 heavy (non-hydrogen) atoms. The van der Waals surface area contributed by atoms with Gasteiger partial charge in [0.1, 0.15) is 11.5 Å². The zero-order valence-corrected chi connectivity index (χ0v) is 13.8. The van der Waals surface area contributed by atoms with Crippen molar-refractivity contribution in [1.82, 2.24) is 0 Å². The van der Waals surface area contributed by atoms with E-state index in [0.29, 0.717) is 18.4 Å². The third-order valence-corrected chi connectivity index (χ3v) is 6.28. The Morgan fingerprint density at radius 1 is 1.25 bits per heavy atom. The van der Waals surface area contributed by atoms with E-state index >= 15 is 0 Å². The van der Waals surface area contributed by atoms with Crippen molar-refractivity contribution >= 4 is 11.8 Å². The molecule has 0 unspecified atom stereocenters. The fourth-order valence-corrected chi connectivity index (χ4v) is 5.21. The summed E-state index contributed by atoms with van der Waals surface area (Å²) in [6.45, 7) is 0. The van der Waals surface area contributed by atoms with Crippen molar-refractivity contribution in [3.63, 3.8) is 0 Å². The number of ketones is 1. The minimum Gasteiger partial charge on any atom is -0.511 e. The molecule has 0 bridgehead atoms. The smallest absolute Gasteiger partial charge is 0.337 e. The molecule has 0 amide bonds. The molecule has 4 nitrogen and oxygen atoms in total. The number of ether oxygens (including phenoxy) is 1. The Labute approximate surface area is 141 Å². The number of hydrogen-bond donors (Lipinski definition) is 1. The van der Waals surface area contributed by atoms with Crippen molar-refractivity contribution in [1.29, 1.82) is 0 Å². The number of Topliss-reactive ketones (excluding diaryl/α,β-unsaturated/α-hetero) is 1. The predicted molar refractivity (Wildman–Crippen MR) is 88.4 cm³/mol. The van der Waals surface area contributed by atoms with Crippen LogP contribution in [-0.2, 0) is 14.3 Å². The van der Waals surface area contributed by atoms with Gasteiger partial charge in [0.2, 0.25) is 0 Å². The topological polar surface area (TPSA) is 63.6 Å². The molecule has 0 saturated heterocycles. The van der Waals surface area contributed by atoms with Crippen LogP contribution in [0.1, 0.15) is 43.6 Å². The molecule has 1 aromatic carbocycles. The first-order valence-corrected chi connectivity index (χ1v) is 8.70. The Bertz CT molecular complexity index is 720. The van der Waals surface area contributed by atoms with Gasteiger partial charge in [0.25, 0.3) is 0 Å². The lowest BCUT2D eigenvalue weighted by Crippen LogP contribution is -2.25. The highest BCUT2D eigenvalue weighted by Crippen LogP contribution is 2.74. The summed E-state index contributed by atoms with van der Waals surface area (Å²) < 4.78 is 4.87. The van der Waals surface area contributed by atoms with Crippen molar-refractivity contribution in [2.75, 3.05) is 7.11 Å². The van der Waals surface area contributed by atoms with E-state index in [1.54, 1.807) is 0 Å². The van der Waals surface area contributed by atoms with Crippen LogP contribution in [0.15, 0.2) is 41.7 Å². The van der Waals surface area contributed by atoms with Gasteiger partial charge in [-0.2, -0.15) is 0 Å². The summed E-state index contributed by atoms with van der Waals surface area (Å²) in [7, 11) is 1.33. The average molecular weight is 326 g/mol. The minimum absolute atomic E-state index is 0.0863. The van der Waals surface area contributed by atoms with Crippen molar-refractivity contribution in [2.24, 2.45) is 17.3 Å². The standard InChI is InChI=1S/C20H22O4/c1-24-19(23)14-11-13(12-7-3-2-4-8-12)16-17(18(14)22)20(16)10-6-5-9-15(20)21/h2-4,7-8,13,16-17,22H,5-6,9-11H2,1H3/t13-,16-,17-,20+/m1/s1. The molecular weight excluding hydrogens is 304 g/mol. The highest BCUT2D eigenvalue weighted by atomic mass is 16.5. The van der Waals surface area contributed by atoms with Crippen molar-refractivity contribution < 1.29 is 19.4 Å². The van der Waals surface area contributed by atoms with Crippen molar-refractivity contribution in [3.8, 4) is 0 Å². The Kier molecular flexibility index (Phi) is 3.52. The van der Waals surface area contributed by atoms with Gasteiger partial charge in [-0.1, -0.05) is 36.8 Å². The van der Waals surface area contributed by atoms with E-state index in [4.69, 9.17) is 4.74 Å². The number of aliphatic hydroxyl groups is 1. The molecule has 2 fully saturated rings. The fourth-order valence-electron chi connectivity index (χ4n) is 5.21. The third-order valence-electron chi connectivity index (χ3n) is 6.28. The van der Waals surface area contributed by atoms with Crippen molar-refractivity contribution in [2.45, 2.75) is 38.0 Å². The van der Waals surface area contributed by atoms with Gasteiger partial charge in [0, 0.05) is 17.8 Å². The number of benzene rings is 1. The molecule has 0 aliphatic heterocycles. The summed E-state index contributed by atoms with van der Waals surface area (Å²) in [6, 6.07) is 10.0. The number of carbonyl (C=O) groups is 2. The van der Waals surface area contributed by atoms with Gasteiger partial charge in [-0.3, -0.25) is 4.79 Å². The van der Waals surface area contributed by atoms with Crippen LogP contribution in [0.4, 0.5) is 0 Å². The second-order valence-corrected chi connectivity index (χ2v) is 7.25. The summed E-state index contributed by atoms with van der Waals surface area (Å²) in [5.74, 6) is -0.114. The summed E-state index contributed by atoms with van der Waals surface area (Å²) in [5.41, 5.74) is 1.03. The summed E-state index contributed by atoms with van der Waals surface area (Å²) in [5, 5.41) is 10.7. The molecule has 4 heteroatoms. The van der Waals surface area contributed by atoms with Gasteiger partial charge in [-0.25, -0.2) is 4.79 Å². The normalized spacial score (nSPS) is 34.9. The van der Waals surface area contributed by atoms with Gasteiger partial charge in [-0.05, 0) is 36.7 Å². The maximum atomic E-state index is 12.8. The number of esters is 1. The monoisotopic (exact) mass is 326 g/mol. The van der Waals surface area contributed by atoms with E-state index in [-0.39, 0.29) is 29.3 Å². The average Bonchev–Trinajstić information content (AvgIpc) is 3.28. The molecule has 1 N–H and O–H groups in total. The van der Waals surface area contributed by atoms with Crippen LogP contribution in [0, 0.1) is 17.3 Å². The van der Waals surface area contributed by atoms with E-state index in [0.717, 1.165) is 24.8 Å². The lowest BCUT2D eigenvalue weighted by molar-refractivity contribution is -0.136. The lowest BCUT2D eigenvalue weighted by Gasteiger charge is -2.25. The number of hydrogen-bond acceptors (Lipinski definition) is 4. The lowest BCUT2D eigenvalue weighted by atomic mass is 9.78. The number of carbonyl (C=O) groups excluding carboxylic acids is 2. The first-order chi connectivity index (χ1) is 11.6. The first-order valence-electron chi connectivity index (χ1n) is 8.70. The second kappa shape index (κ2) is 5.47. The number of rotatable bonds is 2. The molecule has 1 aromatic rings. The van der Waals surface area contributed by atoms with Crippen LogP contribution in [0.25, 0.3) is 0 Å². The second-order valence-electron chi connectivity index (χ2n) is 7.25. The highest BCUT2D eigenvalue weighted by molar-refractivity contribution is 5.94. The number of fused-ring (bicyclic) bond motifs is 3. The van der Waals surface area contributed by atoms with Crippen molar-refractivity contribution in [3.05, 3.63) is 47.2 Å².